The molecule has 19 heavy (non-hydrogen) atoms. The number of aliphatic hydroxyl groups excluding tert-OH is 1. The van der Waals surface area contributed by atoms with E-state index in [1.165, 1.54) is 12.1 Å². The van der Waals surface area contributed by atoms with Gasteiger partial charge in [-0.1, -0.05) is 6.07 Å². The predicted molar refractivity (Wildman–Crippen MR) is 64.6 cm³/mol. The molecule has 0 radical (unpaired) electrons. The maximum atomic E-state index is 13.4. The van der Waals surface area contributed by atoms with Gasteiger partial charge in [-0.3, -0.25) is 0 Å². The minimum Gasteiger partial charge on any atom is -0.479 e. The second kappa shape index (κ2) is 6.09. The summed E-state index contributed by atoms with van der Waals surface area (Å²) in [6.07, 6.45) is -1.97. The van der Waals surface area contributed by atoms with Crippen LogP contribution in [0.4, 0.5) is 4.39 Å². The second-order valence-corrected chi connectivity index (χ2v) is 5.71. The van der Waals surface area contributed by atoms with Crippen molar-refractivity contribution < 1.29 is 27.8 Å². The topological polar surface area (TPSA) is 104 Å². The van der Waals surface area contributed by atoms with E-state index in [0.717, 1.165) is 6.07 Å². The molecule has 1 aromatic rings. The summed E-state index contributed by atoms with van der Waals surface area (Å²) in [4.78, 5) is 9.83. The van der Waals surface area contributed by atoms with E-state index in [1.54, 1.807) is 6.92 Å². The van der Waals surface area contributed by atoms with E-state index in [9.17, 15) is 17.6 Å². The number of benzene rings is 1. The average Bonchev–Trinajstić information content (AvgIpc) is 2.31. The molecule has 6 nitrogen and oxygen atoms in total. The van der Waals surface area contributed by atoms with Crippen LogP contribution in [0, 0.1) is 12.7 Å². The number of sulfonamides is 1. The Balaban J connectivity index is 2.76. The number of hydrogen-bond acceptors (Lipinski definition) is 4. The molecule has 0 amide bonds. The smallest absolute Gasteiger partial charge is 0.332 e. The van der Waals surface area contributed by atoms with Gasteiger partial charge in [0, 0.05) is 6.54 Å². The third-order valence-corrected chi connectivity index (χ3v) is 3.85. The van der Waals surface area contributed by atoms with Gasteiger partial charge in [-0.25, -0.2) is 22.3 Å². The van der Waals surface area contributed by atoms with Crippen molar-refractivity contribution in [2.45, 2.75) is 24.3 Å². The highest BCUT2D eigenvalue weighted by molar-refractivity contribution is 7.89. The van der Waals surface area contributed by atoms with Crippen molar-refractivity contribution >= 4 is 16.0 Å². The molecular weight excluding hydrogens is 277 g/mol. The fraction of sp³-hybridized carbons (Fsp3) is 0.364. The number of aliphatic carboxylic acids is 1. The van der Waals surface area contributed by atoms with Gasteiger partial charge in [-0.2, -0.15) is 0 Å². The molecule has 0 saturated heterocycles. The first kappa shape index (κ1) is 15.5. The maximum absolute atomic E-state index is 13.4. The van der Waals surface area contributed by atoms with Crippen LogP contribution in [-0.4, -0.2) is 37.2 Å². The lowest BCUT2D eigenvalue weighted by molar-refractivity contribution is -0.146. The van der Waals surface area contributed by atoms with Crippen LogP contribution in [-0.2, 0) is 14.8 Å². The summed E-state index contributed by atoms with van der Waals surface area (Å²) >= 11 is 0. The zero-order valence-corrected chi connectivity index (χ0v) is 10.9. The van der Waals surface area contributed by atoms with Crippen LogP contribution in [0.1, 0.15) is 12.0 Å². The van der Waals surface area contributed by atoms with E-state index in [1.807, 2.05) is 4.72 Å². The largest absolute Gasteiger partial charge is 0.479 e. The lowest BCUT2D eigenvalue weighted by atomic mass is 10.2. The third kappa shape index (κ3) is 4.27. The number of halogens is 1. The normalized spacial score (nSPS) is 13.2. The first-order valence-electron chi connectivity index (χ1n) is 5.41. The minimum atomic E-state index is -4.06. The first-order chi connectivity index (χ1) is 8.74. The molecule has 1 atom stereocenters. The zero-order valence-electron chi connectivity index (χ0n) is 10.1. The predicted octanol–water partition coefficient (Wildman–Crippen LogP) is 0.248. The number of nitrogens with one attached hydrogen (secondary N) is 1. The Bertz CT molecular complexity index is 572. The van der Waals surface area contributed by atoms with E-state index in [2.05, 4.69) is 0 Å². The highest BCUT2D eigenvalue weighted by Gasteiger charge is 2.20. The van der Waals surface area contributed by atoms with Crippen molar-refractivity contribution in [2.75, 3.05) is 6.54 Å². The average molecular weight is 291 g/mol. The Morgan fingerprint density at radius 2 is 2.11 bits per heavy atom. The zero-order chi connectivity index (χ0) is 14.6. The number of aliphatic hydroxyl groups is 1. The monoisotopic (exact) mass is 291 g/mol. The van der Waals surface area contributed by atoms with Crippen LogP contribution < -0.4 is 4.72 Å². The van der Waals surface area contributed by atoms with Crippen LogP contribution >= 0.6 is 0 Å². The number of rotatable bonds is 6. The first-order valence-corrected chi connectivity index (χ1v) is 6.89. The molecule has 1 rings (SSSR count). The Morgan fingerprint density at radius 1 is 1.47 bits per heavy atom. The van der Waals surface area contributed by atoms with Crippen molar-refractivity contribution in [1.29, 1.82) is 0 Å². The van der Waals surface area contributed by atoms with Crippen LogP contribution in [0.2, 0.25) is 0 Å². The van der Waals surface area contributed by atoms with Gasteiger partial charge in [0.1, 0.15) is 10.7 Å². The minimum absolute atomic E-state index is 0.302. The van der Waals surface area contributed by atoms with Gasteiger partial charge in [0.15, 0.2) is 6.10 Å². The van der Waals surface area contributed by atoms with Gasteiger partial charge >= 0.3 is 5.97 Å². The van der Waals surface area contributed by atoms with Gasteiger partial charge in [0.05, 0.1) is 0 Å². The summed E-state index contributed by atoms with van der Waals surface area (Å²) < 4.78 is 39.0. The number of aryl methyl sites for hydroxylation is 1. The second-order valence-electron chi connectivity index (χ2n) is 3.97. The maximum Gasteiger partial charge on any atom is 0.332 e. The molecule has 0 bridgehead atoms. The van der Waals surface area contributed by atoms with Gasteiger partial charge in [-0.05, 0) is 31.0 Å². The Kier molecular flexibility index (Phi) is 4.98. The van der Waals surface area contributed by atoms with E-state index in [4.69, 9.17) is 10.2 Å². The lowest BCUT2D eigenvalue weighted by Gasteiger charge is -2.09. The van der Waals surface area contributed by atoms with Crippen molar-refractivity contribution in [2.24, 2.45) is 0 Å². The summed E-state index contributed by atoms with van der Waals surface area (Å²) in [5.41, 5.74) is 0.576. The fourth-order valence-corrected chi connectivity index (χ4v) is 2.56. The molecule has 0 spiro atoms. The molecule has 0 aromatic heterocycles. The van der Waals surface area contributed by atoms with Gasteiger partial charge in [-0.15, -0.1) is 0 Å². The van der Waals surface area contributed by atoms with Crippen molar-refractivity contribution in [3.63, 3.8) is 0 Å². The van der Waals surface area contributed by atoms with Crippen molar-refractivity contribution in [3.8, 4) is 0 Å². The van der Waals surface area contributed by atoms with Gasteiger partial charge in [0.25, 0.3) is 0 Å². The number of carbonyl (C=O) groups is 1. The molecule has 8 heteroatoms. The van der Waals surface area contributed by atoms with E-state index in [-0.39, 0.29) is 13.0 Å². The van der Waals surface area contributed by atoms with Crippen molar-refractivity contribution in [3.05, 3.63) is 29.6 Å². The number of hydrogen-bond donors (Lipinski definition) is 3. The van der Waals surface area contributed by atoms with Gasteiger partial charge in [0.2, 0.25) is 10.0 Å². The molecule has 1 unspecified atom stereocenters. The van der Waals surface area contributed by atoms with E-state index >= 15 is 0 Å². The molecule has 0 fully saturated rings. The molecule has 0 aliphatic carbocycles. The standard InChI is InChI=1S/C11H14FNO5S/c1-7-2-3-8(12)10(6-7)19(17,18)13-5-4-9(14)11(15)16/h2-3,6,9,13-14H,4-5H2,1H3,(H,15,16). The SMILES string of the molecule is Cc1ccc(F)c(S(=O)(=O)NCCC(O)C(=O)O)c1. The highest BCUT2D eigenvalue weighted by Crippen LogP contribution is 2.15. The molecular formula is C11H14FNO5S. The molecule has 0 aliphatic heterocycles. The molecule has 0 saturated carbocycles. The van der Waals surface area contributed by atoms with Crippen LogP contribution in [0.15, 0.2) is 23.1 Å². The molecule has 1 aromatic carbocycles. The highest BCUT2D eigenvalue weighted by atomic mass is 32.2. The summed E-state index contributed by atoms with van der Waals surface area (Å²) in [6, 6.07) is 3.64. The summed E-state index contributed by atoms with van der Waals surface area (Å²) in [5.74, 6) is -2.34. The Labute approximate surface area is 109 Å². The molecule has 0 aliphatic rings. The molecule has 0 heterocycles. The Hall–Kier alpha value is -1.51. The van der Waals surface area contributed by atoms with Gasteiger partial charge < -0.3 is 10.2 Å². The van der Waals surface area contributed by atoms with E-state index < -0.39 is 32.8 Å². The number of carboxylic acids is 1. The summed E-state index contributed by atoms with van der Waals surface area (Å²) in [5, 5.41) is 17.4. The van der Waals surface area contributed by atoms with Crippen molar-refractivity contribution in [1.82, 2.24) is 4.72 Å². The quantitative estimate of drug-likeness (QED) is 0.697. The fourth-order valence-electron chi connectivity index (χ4n) is 1.35. The number of carboxylic acid groups (broad SMARTS) is 1. The summed E-state index contributed by atoms with van der Waals surface area (Å²) in [7, 11) is -4.06. The Morgan fingerprint density at radius 3 is 2.68 bits per heavy atom. The van der Waals surface area contributed by atoms with Crippen LogP contribution in [0.5, 0.6) is 0 Å². The van der Waals surface area contributed by atoms with Crippen LogP contribution in [0.3, 0.4) is 0 Å². The van der Waals surface area contributed by atoms with E-state index in [0.29, 0.717) is 5.56 Å². The lowest BCUT2D eigenvalue weighted by Crippen LogP contribution is -2.30. The third-order valence-electron chi connectivity index (χ3n) is 2.37. The van der Waals surface area contributed by atoms with Crippen LogP contribution in [0.25, 0.3) is 0 Å². The molecule has 106 valence electrons. The summed E-state index contributed by atoms with van der Waals surface area (Å²) in [6.45, 7) is 1.32. The molecule has 3 N–H and O–H groups in total.